The molecule has 114 valence electrons. The van der Waals surface area contributed by atoms with E-state index in [0.29, 0.717) is 17.7 Å². The molecule has 2 N–H and O–H groups in total. The Kier molecular flexibility index (Phi) is 8.67. The fraction of sp³-hybridized carbons (Fsp3) is 0.933. The van der Waals surface area contributed by atoms with Crippen molar-refractivity contribution in [2.45, 2.75) is 59.4 Å². The van der Waals surface area contributed by atoms with Crippen LogP contribution in [-0.2, 0) is 4.79 Å². The topological polar surface area (TPSA) is 46.3 Å². The lowest BCUT2D eigenvalue weighted by atomic mass is 9.85. The highest BCUT2D eigenvalue weighted by atomic mass is 35.5. The van der Waals surface area contributed by atoms with Crippen LogP contribution < -0.4 is 5.73 Å². The monoisotopic (exact) mass is 290 g/mol. The van der Waals surface area contributed by atoms with Crippen LogP contribution in [0.25, 0.3) is 0 Å². The molecule has 0 spiro atoms. The van der Waals surface area contributed by atoms with E-state index in [-0.39, 0.29) is 24.4 Å². The van der Waals surface area contributed by atoms with Crippen molar-refractivity contribution in [3.63, 3.8) is 0 Å². The predicted octanol–water partition coefficient (Wildman–Crippen LogP) is 3.07. The minimum absolute atomic E-state index is 0. The summed E-state index contributed by atoms with van der Waals surface area (Å²) in [5.74, 6) is 1.58. The molecule has 3 nitrogen and oxygen atoms in total. The molecule has 0 aromatic heterocycles. The number of hydrogen-bond acceptors (Lipinski definition) is 2. The normalized spacial score (nSPS) is 23.3. The summed E-state index contributed by atoms with van der Waals surface area (Å²) in [6.45, 7) is 10.5. The van der Waals surface area contributed by atoms with Gasteiger partial charge in [0.15, 0.2) is 0 Å². The van der Waals surface area contributed by atoms with Gasteiger partial charge in [-0.1, -0.05) is 34.1 Å². The highest BCUT2D eigenvalue weighted by Crippen LogP contribution is 2.25. The lowest BCUT2D eigenvalue weighted by Gasteiger charge is -2.33. The summed E-state index contributed by atoms with van der Waals surface area (Å²) in [5.41, 5.74) is 5.99. The molecule has 1 amide bonds. The van der Waals surface area contributed by atoms with Crippen molar-refractivity contribution in [2.75, 3.05) is 13.1 Å². The molecule has 4 heteroatoms. The van der Waals surface area contributed by atoms with E-state index in [9.17, 15) is 4.79 Å². The lowest BCUT2D eigenvalue weighted by Crippen LogP contribution is -2.43. The first-order chi connectivity index (χ1) is 8.40. The van der Waals surface area contributed by atoms with Crippen LogP contribution in [0.4, 0.5) is 0 Å². The maximum Gasteiger partial charge on any atom is 0.225 e. The van der Waals surface area contributed by atoms with Crippen LogP contribution in [0.2, 0.25) is 0 Å². The SMILES string of the molecule is CC(C)CN(CC(C)C)C(=O)C1CCCC(N)C1.Cl. The summed E-state index contributed by atoms with van der Waals surface area (Å²) in [4.78, 5) is 14.7. The summed E-state index contributed by atoms with van der Waals surface area (Å²) < 4.78 is 0. The fourth-order valence-corrected chi connectivity index (χ4v) is 2.85. The molecule has 2 unspecified atom stereocenters. The average Bonchev–Trinajstić information content (AvgIpc) is 2.26. The van der Waals surface area contributed by atoms with Gasteiger partial charge in [0.1, 0.15) is 0 Å². The zero-order valence-corrected chi connectivity index (χ0v) is 13.7. The van der Waals surface area contributed by atoms with Gasteiger partial charge in [0.05, 0.1) is 0 Å². The van der Waals surface area contributed by atoms with E-state index in [0.717, 1.165) is 38.8 Å². The number of hydrogen-bond donors (Lipinski definition) is 1. The number of halogens is 1. The molecule has 2 atom stereocenters. The molecule has 1 fully saturated rings. The lowest BCUT2D eigenvalue weighted by molar-refractivity contribution is -0.137. The van der Waals surface area contributed by atoms with Crippen LogP contribution in [0.1, 0.15) is 53.4 Å². The molecule has 1 aliphatic carbocycles. The van der Waals surface area contributed by atoms with Gasteiger partial charge >= 0.3 is 0 Å². The Labute approximate surface area is 124 Å². The third-order valence-corrected chi connectivity index (χ3v) is 3.55. The predicted molar refractivity (Wildman–Crippen MR) is 83.4 cm³/mol. The van der Waals surface area contributed by atoms with Gasteiger partial charge in [-0.15, -0.1) is 12.4 Å². The van der Waals surface area contributed by atoms with Crippen molar-refractivity contribution in [1.82, 2.24) is 4.90 Å². The molecule has 1 rings (SSSR count). The van der Waals surface area contributed by atoms with Crippen LogP contribution >= 0.6 is 12.4 Å². The average molecular weight is 291 g/mol. The Bertz CT molecular complexity index is 259. The molecule has 0 heterocycles. The van der Waals surface area contributed by atoms with Crippen molar-refractivity contribution >= 4 is 18.3 Å². The summed E-state index contributed by atoms with van der Waals surface area (Å²) >= 11 is 0. The molecule has 0 aromatic carbocycles. The maximum absolute atomic E-state index is 12.6. The quantitative estimate of drug-likeness (QED) is 0.846. The van der Waals surface area contributed by atoms with Gasteiger partial charge in [-0.2, -0.15) is 0 Å². The molecule has 0 radical (unpaired) electrons. The Morgan fingerprint density at radius 2 is 1.68 bits per heavy atom. The van der Waals surface area contributed by atoms with Crippen LogP contribution in [0.3, 0.4) is 0 Å². The van der Waals surface area contributed by atoms with Gasteiger partial charge in [-0.05, 0) is 31.1 Å². The summed E-state index contributed by atoms with van der Waals surface area (Å²) in [6.07, 6.45) is 4.09. The highest BCUT2D eigenvalue weighted by Gasteiger charge is 2.29. The zero-order valence-electron chi connectivity index (χ0n) is 12.9. The van der Waals surface area contributed by atoms with E-state index >= 15 is 0 Å². The molecule has 0 saturated heterocycles. The Morgan fingerprint density at radius 3 is 2.11 bits per heavy atom. The Balaban J connectivity index is 0.00000324. The largest absolute Gasteiger partial charge is 0.342 e. The molecule has 0 aliphatic heterocycles. The molecular weight excluding hydrogens is 260 g/mol. The van der Waals surface area contributed by atoms with Crippen LogP contribution in [0.15, 0.2) is 0 Å². The number of amides is 1. The van der Waals surface area contributed by atoms with E-state index in [4.69, 9.17) is 5.73 Å². The zero-order chi connectivity index (χ0) is 13.7. The van der Waals surface area contributed by atoms with Crippen molar-refractivity contribution in [3.05, 3.63) is 0 Å². The van der Waals surface area contributed by atoms with Crippen molar-refractivity contribution in [1.29, 1.82) is 0 Å². The van der Waals surface area contributed by atoms with Gasteiger partial charge in [-0.25, -0.2) is 0 Å². The first-order valence-corrected chi connectivity index (χ1v) is 7.44. The minimum atomic E-state index is 0. The van der Waals surface area contributed by atoms with Crippen molar-refractivity contribution in [3.8, 4) is 0 Å². The first kappa shape index (κ1) is 18.7. The minimum Gasteiger partial charge on any atom is -0.342 e. The van der Waals surface area contributed by atoms with Gasteiger partial charge in [0, 0.05) is 25.0 Å². The molecule has 0 aromatic rings. The number of nitrogens with zero attached hydrogens (tertiary/aromatic N) is 1. The van der Waals surface area contributed by atoms with Crippen LogP contribution in [0.5, 0.6) is 0 Å². The van der Waals surface area contributed by atoms with Gasteiger partial charge < -0.3 is 10.6 Å². The summed E-state index contributed by atoms with van der Waals surface area (Å²) in [7, 11) is 0. The second kappa shape index (κ2) is 8.80. The number of carbonyl (C=O) groups is 1. The fourth-order valence-electron chi connectivity index (χ4n) is 2.85. The third-order valence-electron chi connectivity index (χ3n) is 3.55. The molecule has 1 aliphatic rings. The number of carbonyl (C=O) groups excluding carboxylic acids is 1. The van der Waals surface area contributed by atoms with Gasteiger partial charge in [0.25, 0.3) is 0 Å². The second-order valence-electron chi connectivity index (χ2n) is 6.65. The summed E-state index contributed by atoms with van der Waals surface area (Å²) in [6, 6.07) is 0.229. The molecular formula is C15H31ClN2O. The molecule has 1 saturated carbocycles. The summed E-state index contributed by atoms with van der Waals surface area (Å²) in [5, 5.41) is 0. The van der Waals surface area contributed by atoms with E-state index < -0.39 is 0 Å². The van der Waals surface area contributed by atoms with Gasteiger partial charge in [0.2, 0.25) is 5.91 Å². The Hall–Kier alpha value is -0.280. The smallest absolute Gasteiger partial charge is 0.225 e. The highest BCUT2D eigenvalue weighted by molar-refractivity contribution is 5.85. The van der Waals surface area contributed by atoms with Gasteiger partial charge in [-0.3, -0.25) is 4.79 Å². The van der Waals surface area contributed by atoms with E-state index in [1.54, 1.807) is 0 Å². The maximum atomic E-state index is 12.6. The van der Waals surface area contributed by atoms with Crippen LogP contribution in [0, 0.1) is 17.8 Å². The standard InChI is InChI=1S/C15H30N2O.ClH/c1-11(2)9-17(10-12(3)4)15(18)13-6-5-7-14(16)8-13;/h11-14H,5-10,16H2,1-4H3;1H. The van der Waals surface area contributed by atoms with Crippen molar-refractivity contribution < 1.29 is 4.79 Å². The first-order valence-electron chi connectivity index (χ1n) is 7.44. The van der Waals surface area contributed by atoms with E-state index in [1.807, 2.05) is 0 Å². The second-order valence-corrected chi connectivity index (χ2v) is 6.65. The third kappa shape index (κ3) is 6.62. The Morgan fingerprint density at radius 1 is 1.16 bits per heavy atom. The van der Waals surface area contributed by atoms with E-state index in [2.05, 4.69) is 32.6 Å². The van der Waals surface area contributed by atoms with Crippen LogP contribution in [-0.4, -0.2) is 29.9 Å². The molecule has 0 bridgehead atoms. The number of nitrogens with two attached hydrogens (primary N) is 1. The number of rotatable bonds is 5. The van der Waals surface area contributed by atoms with Crippen molar-refractivity contribution in [2.24, 2.45) is 23.5 Å². The van der Waals surface area contributed by atoms with E-state index in [1.165, 1.54) is 0 Å². The molecule has 19 heavy (non-hydrogen) atoms.